The lowest BCUT2D eigenvalue weighted by Crippen LogP contribution is -2.34. The summed E-state index contributed by atoms with van der Waals surface area (Å²) in [5.41, 5.74) is -0.0178. The Kier molecular flexibility index (Phi) is 2.89. The summed E-state index contributed by atoms with van der Waals surface area (Å²) in [5, 5.41) is 9.44. The Labute approximate surface area is 83.7 Å². The molecule has 1 fully saturated rings. The maximum absolute atomic E-state index is 9.44. The minimum atomic E-state index is -0.0178. The van der Waals surface area contributed by atoms with Gasteiger partial charge in [0.15, 0.2) is 0 Å². The van der Waals surface area contributed by atoms with Gasteiger partial charge in [0.25, 0.3) is 0 Å². The lowest BCUT2D eigenvalue weighted by molar-refractivity contribution is -0.0181. The molecule has 0 aromatic carbocycles. The molecular weight excluding hydrogens is 180 g/mol. The van der Waals surface area contributed by atoms with E-state index in [1.54, 1.807) is 6.26 Å². The summed E-state index contributed by atoms with van der Waals surface area (Å²) in [4.78, 5) is 0. The molecule has 0 aliphatic carbocycles. The van der Waals surface area contributed by atoms with E-state index >= 15 is 0 Å². The van der Waals surface area contributed by atoms with Crippen LogP contribution in [0.5, 0.6) is 0 Å². The van der Waals surface area contributed by atoms with Crippen molar-refractivity contribution < 1.29 is 14.3 Å². The third kappa shape index (κ3) is 1.99. The maximum Gasteiger partial charge on any atom is 0.104 e. The van der Waals surface area contributed by atoms with Gasteiger partial charge in [0.1, 0.15) is 5.76 Å². The zero-order valence-electron chi connectivity index (χ0n) is 8.24. The molecule has 1 N–H and O–H groups in total. The Balaban J connectivity index is 2.04. The minimum Gasteiger partial charge on any atom is -0.469 e. The third-order valence-corrected chi connectivity index (χ3v) is 3.02. The highest BCUT2D eigenvalue weighted by molar-refractivity contribution is 5.03. The molecule has 1 aliphatic heterocycles. The van der Waals surface area contributed by atoms with Gasteiger partial charge in [0.05, 0.1) is 6.26 Å². The number of hydrogen-bond acceptors (Lipinski definition) is 3. The molecule has 78 valence electrons. The van der Waals surface area contributed by atoms with Gasteiger partial charge in [-0.3, -0.25) is 0 Å². The summed E-state index contributed by atoms with van der Waals surface area (Å²) in [6.45, 7) is 1.72. The fourth-order valence-electron chi connectivity index (χ4n) is 1.98. The molecule has 0 amide bonds. The molecule has 1 aromatic rings. The number of aliphatic hydroxyl groups is 1. The maximum atomic E-state index is 9.44. The Hall–Kier alpha value is -0.800. The van der Waals surface area contributed by atoms with Gasteiger partial charge in [0.2, 0.25) is 0 Å². The topological polar surface area (TPSA) is 42.6 Å². The first kappa shape index (κ1) is 9.74. The van der Waals surface area contributed by atoms with Gasteiger partial charge >= 0.3 is 0 Å². The Morgan fingerprint density at radius 2 is 2.14 bits per heavy atom. The predicted octanol–water partition coefficient (Wildman–Crippen LogP) is 1.61. The molecule has 0 atom stereocenters. The fourth-order valence-corrected chi connectivity index (χ4v) is 1.98. The second-order valence-electron chi connectivity index (χ2n) is 4.03. The second-order valence-corrected chi connectivity index (χ2v) is 4.03. The van der Waals surface area contributed by atoms with Gasteiger partial charge in [0, 0.05) is 31.7 Å². The first-order chi connectivity index (χ1) is 6.85. The summed E-state index contributed by atoms with van der Waals surface area (Å²) < 4.78 is 10.6. The molecule has 0 radical (unpaired) electrons. The van der Waals surface area contributed by atoms with E-state index in [2.05, 4.69) is 0 Å². The highest BCUT2D eigenvalue weighted by Gasteiger charge is 2.32. The van der Waals surface area contributed by atoms with E-state index < -0.39 is 0 Å². The third-order valence-electron chi connectivity index (χ3n) is 3.02. The minimum absolute atomic E-state index is 0.0178. The average Bonchev–Trinajstić information content (AvgIpc) is 2.72. The average molecular weight is 196 g/mol. The van der Waals surface area contributed by atoms with Crippen LogP contribution in [-0.2, 0) is 11.2 Å². The fraction of sp³-hybridized carbons (Fsp3) is 0.636. The summed E-state index contributed by atoms with van der Waals surface area (Å²) in [7, 11) is 0. The van der Waals surface area contributed by atoms with Crippen LogP contribution in [0.25, 0.3) is 0 Å². The summed E-state index contributed by atoms with van der Waals surface area (Å²) in [5.74, 6) is 0.959. The molecule has 1 saturated heterocycles. The van der Waals surface area contributed by atoms with E-state index in [0.29, 0.717) is 0 Å². The summed E-state index contributed by atoms with van der Waals surface area (Å²) >= 11 is 0. The lowest BCUT2D eigenvalue weighted by Gasteiger charge is -2.34. The first-order valence-electron chi connectivity index (χ1n) is 5.06. The van der Waals surface area contributed by atoms with E-state index in [1.165, 1.54) is 0 Å². The summed E-state index contributed by atoms with van der Waals surface area (Å²) in [6.07, 6.45) is 4.34. The molecular formula is C11H16O3. The number of rotatable bonds is 3. The highest BCUT2D eigenvalue weighted by atomic mass is 16.5. The number of ether oxygens (including phenoxy) is 1. The number of hydrogen-bond donors (Lipinski definition) is 1. The molecule has 14 heavy (non-hydrogen) atoms. The Morgan fingerprint density at radius 3 is 2.71 bits per heavy atom. The zero-order chi connectivity index (χ0) is 9.86. The van der Waals surface area contributed by atoms with Gasteiger partial charge in [-0.25, -0.2) is 0 Å². The van der Waals surface area contributed by atoms with Gasteiger partial charge in [-0.2, -0.15) is 0 Å². The number of furan rings is 1. The molecule has 1 aromatic heterocycles. The van der Waals surface area contributed by atoms with Gasteiger partial charge in [-0.05, 0) is 25.0 Å². The van der Waals surface area contributed by atoms with Crippen LogP contribution in [0.15, 0.2) is 22.8 Å². The van der Waals surface area contributed by atoms with Crippen LogP contribution in [0, 0.1) is 5.41 Å². The Bertz CT molecular complexity index is 260. The largest absolute Gasteiger partial charge is 0.469 e. The van der Waals surface area contributed by atoms with Crippen molar-refractivity contribution >= 4 is 0 Å². The van der Waals surface area contributed by atoms with Crippen molar-refractivity contribution in [3.8, 4) is 0 Å². The van der Waals surface area contributed by atoms with Crippen molar-refractivity contribution in [2.45, 2.75) is 19.3 Å². The molecule has 2 rings (SSSR count). The molecule has 3 nitrogen and oxygen atoms in total. The van der Waals surface area contributed by atoms with Crippen LogP contribution in [0.2, 0.25) is 0 Å². The standard InChI is InChI=1S/C11H16O3/c12-9-11(3-6-13-7-4-11)8-10-2-1-5-14-10/h1-2,5,12H,3-4,6-9H2. The summed E-state index contributed by atoms with van der Waals surface area (Å²) in [6, 6.07) is 3.85. The van der Waals surface area contributed by atoms with E-state index in [1.807, 2.05) is 12.1 Å². The van der Waals surface area contributed by atoms with Crippen LogP contribution in [0.3, 0.4) is 0 Å². The van der Waals surface area contributed by atoms with Crippen molar-refractivity contribution in [1.82, 2.24) is 0 Å². The normalized spacial score (nSPS) is 20.9. The van der Waals surface area contributed by atoms with Crippen LogP contribution >= 0.6 is 0 Å². The molecule has 2 heterocycles. The van der Waals surface area contributed by atoms with Crippen molar-refractivity contribution in [3.63, 3.8) is 0 Å². The van der Waals surface area contributed by atoms with E-state index in [-0.39, 0.29) is 12.0 Å². The quantitative estimate of drug-likeness (QED) is 0.798. The van der Waals surface area contributed by atoms with Gasteiger partial charge in [-0.15, -0.1) is 0 Å². The van der Waals surface area contributed by atoms with Crippen LogP contribution in [-0.4, -0.2) is 24.9 Å². The molecule has 0 spiro atoms. The van der Waals surface area contributed by atoms with Crippen LogP contribution in [0.1, 0.15) is 18.6 Å². The molecule has 0 saturated carbocycles. The SMILES string of the molecule is OCC1(Cc2ccco2)CCOCC1. The van der Waals surface area contributed by atoms with Crippen molar-refractivity contribution in [3.05, 3.63) is 24.2 Å². The van der Waals surface area contributed by atoms with Crippen molar-refractivity contribution in [1.29, 1.82) is 0 Å². The number of aliphatic hydroxyl groups excluding tert-OH is 1. The van der Waals surface area contributed by atoms with Crippen LogP contribution in [0.4, 0.5) is 0 Å². The first-order valence-corrected chi connectivity index (χ1v) is 5.06. The second kappa shape index (κ2) is 4.15. The predicted molar refractivity (Wildman–Crippen MR) is 52.0 cm³/mol. The Morgan fingerprint density at radius 1 is 1.36 bits per heavy atom. The van der Waals surface area contributed by atoms with E-state index in [0.717, 1.165) is 38.2 Å². The smallest absolute Gasteiger partial charge is 0.104 e. The zero-order valence-corrected chi connectivity index (χ0v) is 8.24. The van der Waals surface area contributed by atoms with E-state index in [4.69, 9.17) is 9.15 Å². The van der Waals surface area contributed by atoms with Crippen molar-refractivity contribution in [2.75, 3.05) is 19.8 Å². The van der Waals surface area contributed by atoms with Crippen LogP contribution < -0.4 is 0 Å². The molecule has 1 aliphatic rings. The van der Waals surface area contributed by atoms with Crippen molar-refractivity contribution in [2.24, 2.45) is 5.41 Å². The molecule has 3 heteroatoms. The molecule has 0 bridgehead atoms. The highest BCUT2D eigenvalue weighted by Crippen LogP contribution is 2.33. The monoisotopic (exact) mass is 196 g/mol. The van der Waals surface area contributed by atoms with E-state index in [9.17, 15) is 5.11 Å². The van der Waals surface area contributed by atoms with Gasteiger partial charge < -0.3 is 14.3 Å². The molecule has 0 unspecified atom stereocenters. The lowest BCUT2D eigenvalue weighted by atomic mass is 9.77. The van der Waals surface area contributed by atoms with Gasteiger partial charge in [-0.1, -0.05) is 0 Å².